The zero-order chi connectivity index (χ0) is 29.9. The van der Waals surface area contributed by atoms with Crippen LogP contribution in [-0.2, 0) is 0 Å². The minimum atomic E-state index is -1.45. The summed E-state index contributed by atoms with van der Waals surface area (Å²) in [4.78, 5) is 27.5. The van der Waals surface area contributed by atoms with E-state index in [-0.39, 0.29) is 56.6 Å². The van der Waals surface area contributed by atoms with E-state index in [9.17, 15) is 40.2 Å². The van der Waals surface area contributed by atoms with Crippen LogP contribution in [0.5, 0.6) is 46.0 Å². The molecule has 2 heterocycles. The summed E-state index contributed by atoms with van der Waals surface area (Å²) < 4.78 is 17.4. The van der Waals surface area contributed by atoms with Gasteiger partial charge in [-0.15, -0.1) is 0 Å². The molecule has 212 valence electrons. The van der Waals surface area contributed by atoms with Crippen LogP contribution in [-0.4, -0.2) is 43.5 Å². The summed E-state index contributed by atoms with van der Waals surface area (Å²) in [6.07, 6.45) is -1.21. The van der Waals surface area contributed by atoms with Gasteiger partial charge in [-0.05, 0) is 35.9 Å². The third kappa shape index (κ3) is 4.15. The van der Waals surface area contributed by atoms with Crippen LogP contribution in [0.15, 0.2) is 75.9 Å². The molecule has 1 aliphatic rings. The molecule has 0 amide bonds. The highest BCUT2D eigenvalue weighted by Crippen LogP contribution is 2.52. The largest absolute Gasteiger partial charge is 0.508 e. The Kier molecular flexibility index (Phi) is 6.07. The fourth-order valence-corrected chi connectivity index (χ4v) is 5.23. The molecule has 11 nitrogen and oxygen atoms in total. The van der Waals surface area contributed by atoms with Gasteiger partial charge in [0.1, 0.15) is 62.9 Å². The summed E-state index contributed by atoms with van der Waals surface area (Å²) in [5, 5.41) is 62.0. The van der Waals surface area contributed by atoms with Crippen molar-refractivity contribution < 1.29 is 49.3 Å². The van der Waals surface area contributed by atoms with Gasteiger partial charge in [0, 0.05) is 29.8 Å². The van der Waals surface area contributed by atoms with Crippen LogP contribution in [0.4, 0.5) is 0 Å². The van der Waals surface area contributed by atoms with Crippen molar-refractivity contribution in [2.75, 3.05) is 7.11 Å². The first-order chi connectivity index (χ1) is 20.1. The van der Waals surface area contributed by atoms with Gasteiger partial charge >= 0.3 is 0 Å². The topological polar surface area (TPSA) is 187 Å². The van der Waals surface area contributed by atoms with E-state index in [2.05, 4.69) is 0 Å². The van der Waals surface area contributed by atoms with Crippen LogP contribution in [0.2, 0.25) is 0 Å². The Labute approximate surface area is 236 Å². The molecule has 0 saturated heterocycles. The summed E-state index contributed by atoms with van der Waals surface area (Å²) >= 11 is 0. The Balaban J connectivity index is 1.66. The van der Waals surface area contributed by atoms with E-state index >= 15 is 0 Å². The number of ether oxygens (including phenoxy) is 2. The molecule has 0 spiro atoms. The number of benzene rings is 4. The third-order valence-corrected chi connectivity index (χ3v) is 7.15. The summed E-state index contributed by atoms with van der Waals surface area (Å²) in [7, 11) is 1.34. The van der Waals surface area contributed by atoms with Crippen LogP contribution >= 0.6 is 0 Å². The average Bonchev–Trinajstić information content (AvgIpc) is 2.93. The summed E-state index contributed by atoms with van der Waals surface area (Å²) in [6, 6.07) is 14.0. The molecule has 0 bridgehead atoms. The van der Waals surface area contributed by atoms with Gasteiger partial charge in [-0.1, -0.05) is 12.1 Å². The molecule has 5 aromatic rings. The molecule has 42 heavy (non-hydrogen) atoms. The zero-order valence-electron chi connectivity index (χ0n) is 21.7. The minimum absolute atomic E-state index is 0.0319. The Morgan fingerprint density at radius 2 is 1.48 bits per heavy atom. The molecular formula is C31H22O11. The first-order valence-electron chi connectivity index (χ1n) is 12.5. The SMILES string of the molecule is COc1cc(-c2cc(=O)c3c(O)cc(O)c([C@@H]4C(=O)c5c(O)cc(O)cc5O[C@H]4c4ccc(O)cc4)c3o2)ccc1O. The third-order valence-electron chi connectivity index (χ3n) is 7.15. The highest BCUT2D eigenvalue weighted by atomic mass is 16.5. The number of aromatic hydroxyl groups is 6. The molecule has 0 radical (unpaired) electrons. The predicted molar refractivity (Wildman–Crippen MR) is 148 cm³/mol. The molecule has 0 saturated carbocycles. The lowest BCUT2D eigenvalue weighted by atomic mass is 9.79. The van der Waals surface area contributed by atoms with Crippen molar-refractivity contribution in [1.82, 2.24) is 0 Å². The molecule has 1 aromatic heterocycles. The van der Waals surface area contributed by atoms with E-state index in [1.54, 1.807) is 0 Å². The number of Topliss-reactive ketones (excluding diaryl/α,β-unsaturated/α-hetero) is 1. The van der Waals surface area contributed by atoms with Crippen molar-refractivity contribution in [2.45, 2.75) is 12.0 Å². The average molecular weight is 571 g/mol. The van der Waals surface area contributed by atoms with Gasteiger partial charge in [-0.25, -0.2) is 0 Å². The standard InChI is InChI=1S/C31H22O11/c1-40-23-8-14(4-7-17(23)34)22-12-21(38)25-19(36)11-20(37)27(31(25)41-22)28-29(39)26-18(35)9-16(33)10-24(26)42-30(28)13-2-5-15(32)6-3-13/h2-12,28,30,32-37H,1H3/t28-,30+/m1/s1. The van der Waals surface area contributed by atoms with E-state index in [1.165, 1.54) is 49.6 Å². The van der Waals surface area contributed by atoms with Crippen LogP contribution in [0.25, 0.3) is 22.3 Å². The van der Waals surface area contributed by atoms with Gasteiger partial charge in [0.2, 0.25) is 0 Å². The van der Waals surface area contributed by atoms with Gasteiger partial charge < -0.3 is 44.5 Å². The number of methoxy groups -OCH3 is 1. The van der Waals surface area contributed by atoms with E-state index in [4.69, 9.17) is 13.9 Å². The minimum Gasteiger partial charge on any atom is -0.508 e. The van der Waals surface area contributed by atoms with Gasteiger partial charge in [0.25, 0.3) is 0 Å². The van der Waals surface area contributed by atoms with E-state index in [1.807, 2.05) is 0 Å². The first kappa shape index (κ1) is 26.4. The predicted octanol–water partition coefficient (Wildman–Crippen LogP) is 4.80. The second kappa shape index (κ2) is 9.66. The number of carbonyl (C=O) groups is 1. The maximum absolute atomic E-state index is 14.1. The maximum atomic E-state index is 14.1. The lowest BCUT2D eigenvalue weighted by molar-refractivity contribution is 0.0772. The number of ketones is 1. The van der Waals surface area contributed by atoms with Crippen molar-refractivity contribution in [2.24, 2.45) is 0 Å². The molecule has 0 fully saturated rings. The number of phenols is 6. The van der Waals surface area contributed by atoms with Crippen molar-refractivity contribution >= 4 is 16.8 Å². The number of hydrogen-bond acceptors (Lipinski definition) is 11. The molecule has 4 aromatic carbocycles. The summed E-state index contributed by atoms with van der Waals surface area (Å²) in [5.41, 5.74) is -0.854. The second-order valence-electron chi connectivity index (χ2n) is 9.70. The second-order valence-corrected chi connectivity index (χ2v) is 9.70. The van der Waals surface area contributed by atoms with Crippen molar-refractivity contribution in [3.63, 3.8) is 0 Å². The van der Waals surface area contributed by atoms with Crippen molar-refractivity contribution in [3.8, 4) is 57.3 Å². The molecule has 0 aliphatic carbocycles. The number of rotatable bonds is 4. The fraction of sp³-hybridized carbons (Fsp3) is 0.0968. The molecule has 11 heteroatoms. The Morgan fingerprint density at radius 3 is 2.19 bits per heavy atom. The van der Waals surface area contributed by atoms with Crippen LogP contribution in [0.3, 0.4) is 0 Å². The number of fused-ring (bicyclic) bond motifs is 2. The smallest absolute Gasteiger partial charge is 0.197 e. The zero-order valence-corrected chi connectivity index (χ0v) is 21.7. The molecule has 0 unspecified atom stereocenters. The normalized spacial score (nSPS) is 16.2. The number of phenolic OH excluding ortho intramolecular Hbond substituents is 6. The van der Waals surface area contributed by atoms with Gasteiger partial charge in [-0.3, -0.25) is 9.59 Å². The molecule has 2 atom stereocenters. The van der Waals surface area contributed by atoms with Crippen molar-refractivity contribution in [3.05, 3.63) is 93.6 Å². The van der Waals surface area contributed by atoms with E-state index < -0.39 is 40.5 Å². The Bertz CT molecular complexity index is 1960. The number of hydrogen-bond donors (Lipinski definition) is 6. The summed E-state index contributed by atoms with van der Waals surface area (Å²) in [5.74, 6) is -4.63. The van der Waals surface area contributed by atoms with Crippen molar-refractivity contribution in [1.29, 1.82) is 0 Å². The lowest BCUT2D eigenvalue weighted by Gasteiger charge is -2.34. The molecule has 1 aliphatic heterocycles. The Hall–Kier alpha value is -5.84. The van der Waals surface area contributed by atoms with Gasteiger partial charge in [0.05, 0.1) is 18.6 Å². The highest BCUT2D eigenvalue weighted by molar-refractivity contribution is 6.09. The molecule has 6 N–H and O–H groups in total. The van der Waals surface area contributed by atoms with E-state index in [0.29, 0.717) is 11.1 Å². The molecule has 6 rings (SSSR count). The quantitative estimate of drug-likeness (QED) is 0.174. The first-order valence-corrected chi connectivity index (χ1v) is 12.5. The van der Waals surface area contributed by atoms with Crippen LogP contribution in [0, 0.1) is 0 Å². The van der Waals surface area contributed by atoms with Crippen LogP contribution in [0.1, 0.15) is 33.5 Å². The fourth-order valence-electron chi connectivity index (χ4n) is 5.23. The number of carbonyl (C=O) groups excluding carboxylic acids is 1. The monoisotopic (exact) mass is 570 g/mol. The van der Waals surface area contributed by atoms with Gasteiger partial charge in [0.15, 0.2) is 22.7 Å². The summed E-state index contributed by atoms with van der Waals surface area (Å²) in [6.45, 7) is 0. The highest BCUT2D eigenvalue weighted by Gasteiger charge is 2.44. The Morgan fingerprint density at radius 1 is 0.738 bits per heavy atom. The van der Waals surface area contributed by atoms with Gasteiger partial charge in [-0.2, -0.15) is 0 Å². The lowest BCUT2D eigenvalue weighted by Crippen LogP contribution is -2.30. The van der Waals surface area contributed by atoms with E-state index in [0.717, 1.165) is 24.3 Å². The molecular weight excluding hydrogens is 548 g/mol. The van der Waals surface area contributed by atoms with Crippen LogP contribution < -0.4 is 14.9 Å². The maximum Gasteiger partial charge on any atom is 0.197 e.